The van der Waals surface area contributed by atoms with Crippen LogP contribution in [0.15, 0.2) is 78.3 Å². The maximum atomic E-state index is 13.3. The SMILES string of the molecule is CCOc1ccc(-c2ccccc2-c2csc(N(C)C(=O)[C@@H](CC(=O)O)Cc3ccccc3)n2)cn1. The summed E-state index contributed by atoms with van der Waals surface area (Å²) in [4.78, 5) is 35.4. The van der Waals surface area contributed by atoms with E-state index in [2.05, 4.69) is 4.98 Å². The van der Waals surface area contributed by atoms with Crippen molar-refractivity contribution in [3.63, 3.8) is 0 Å². The van der Waals surface area contributed by atoms with Crippen molar-refractivity contribution in [1.29, 1.82) is 0 Å². The van der Waals surface area contributed by atoms with E-state index in [1.165, 1.54) is 16.2 Å². The minimum absolute atomic E-state index is 0.246. The molecule has 0 spiro atoms. The average Bonchev–Trinajstić information content (AvgIpc) is 3.39. The Hall–Kier alpha value is -4.04. The average molecular weight is 502 g/mol. The lowest BCUT2D eigenvalue weighted by Crippen LogP contribution is -2.35. The van der Waals surface area contributed by atoms with Crippen LogP contribution in [0, 0.1) is 5.92 Å². The van der Waals surface area contributed by atoms with Crippen LogP contribution in [-0.4, -0.2) is 40.6 Å². The quantitative estimate of drug-likeness (QED) is 0.306. The first kappa shape index (κ1) is 25.1. The number of thiazole rings is 1. The molecule has 2 heterocycles. The molecule has 0 aliphatic heterocycles. The number of carbonyl (C=O) groups is 2. The smallest absolute Gasteiger partial charge is 0.304 e. The zero-order valence-corrected chi connectivity index (χ0v) is 20.9. The molecule has 2 aromatic carbocycles. The number of aliphatic carboxylic acids is 1. The van der Waals surface area contributed by atoms with Gasteiger partial charge in [0.1, 0.15) is 0 Å². The Bertz CT molecular complexity index is 1320. The topological polar surface area (TPSA) is 92.6 Å². The molecular formula is C28H27N3O4S. The molecule has 4 aromatic rings. The van der Waals surface area contributed by atoms with E-state index in [1.807, 2.05) is 79.0 Å². The van der Waals surface area contributed by atoms with Crippen LogP contribution in [0.25, 0.3) is 22.4 Å². The van der Waals surface area contributed by atoms with Gasteiger partial charge >= 0.3 is 5.97 Å². The first-order valence-electron chi connectivity index (χ1n) is 11.6. The third kappa shape index (κ3) is 5.95. The van der Waals surface area contributed by atoms with Gasteiger partial charge in [0.05, 0.1) is 24.6 Å². The zero-order chi connectivity index (χ0) is 25.5. The van der Waals surface area contributed by atoms with Crippen molar-refractivity contribution in [3.8, 4) is 28.3 Å². The second kappa shape index (κ2) is 11.6. The Morgan fingerprint density at radius 3 is 2.42 bits per heavy atom. The minimum atomic E-state index is -1.00. The summed E-state index contributed by atoms with van der Waals surface area (Å²) in [6, 6.07) is 21.1. The number of nitrogens with zero attached hydrogens (tertiary/aromatic N) is 3. The normalized spacial score (nSPS) is 11.6. The van der Waals surface area contributed by atoms with Crippen molar-refractivity contribution in [2.45, 2.75) is 19.8 Å². The molecule has 1 amide bonds. The number of aromatic nitrogens is 2. The van der Waals surface area contributed by atoms with E-state index < -0.39 is 11.9 Å². The Labute approximate surface area is 214 Å². The summed E-state index contributed by atoms with van der Waals surface area (Å²) in [5.41, 5.74) is 4.46. The summed E-state index contributed by atoms with van der Waals surface area (Å²) in [6.07, 6.45) is 1.87. The predicted octanol–water partition coefficient (Wildman–Crippen LogP) is 5.57. The molecule has 0 aliphatic rings. The largest absolute Gasteiger partial charge is 0.481 e. The molecule has 0 fully saturated rings. The molecule has 0 radical (unpaired) electrons. The van der Waals surface area contributed by atoms with Gasteiger partial charge in [-0.25, -0.2) is 9.97 Å². The number of pyridine rings is 1. The number of anilines is 1. The van der Waals surface area contributed by atoms with Crippen molar-refractivity contribution in [1.82, 2.24) is 9.97 Å². The molecule has 0 saturated heterocycles. The molecule has 0 aliphatic carbocycles. The van der Waals surface area contributed by atoms with E-state index in [0.29, 0.717) is 24.0 Å². The highest BCUT2D eigenvalue weighted by atomic mass is 32.1. The molecule has 0 saturated carbocycles. The molecule has 2 aromatic heterocycles. The highest BCUT2D eigenvalue weighted by Crippen LogP contribution is 2.35. The number of ether oxygens (including phenoxy) is 1. The lowest BCUT2D eigenvalue weighted by molar-refractivity contribution is -0.140. The van der Waals surface area contributed by atoms with Crippen LogP contribution in [0.2, 0.25) is 0 Å². The van der Waals surface area contributed by atoms with Gasteiger partial charge in [-0.1, -0.05) is 54.6 Å². The van der Waals surface area contributed by atoms with E-state index in [0.717, 1.165) is 27.9 Å². The fourth-order valence-electron chi connectivity index (χ4n) is 4.00. The second-order valence-corrected chi connectivity index (χ2v) is 9.10. The molecular weight excluding hydrogens is 474 g/mol. The molecule has 184 valence electrons. The highest BCUT2D eigenvalue weighted by Gasteiger charge is 2.27. The van der Waals surface area contributed by atoms with Gasteiger partial charge in [0.25, 0.3) is 0 Å². The number of carboxylic acid groups (broad SMARTS) is 1. The van der Waals surface area contributed by atoms with Gasteiger partial charge in [-0.2, -0.15) is 0 Å². The van der Waals surface area contributed by atoms with Gasteiger partial charge < -0.3 is 9.84 Å². The molecule has 0 bridgehead atoms. The maximum absolute atomic E-state index is 13.3. The molecule has 1 N–H and O–H groups in total. The Morgan fingerprint density at radius 2 is 1.75 bits per heavy atom. The number of hydrogen-bond acceptors (Lipinski definition) is 6. The van der Waals surface area contributed by atoms with Gasteiger partial charge in [-0.05, 0) is 30.5 Å². The van der Waals surface area contributed by atoms with E-state index in [4.69, 9.17) is 9.72 Å². The number of carboxylic acids is 1. The summed E-state index contributed by atoms with van der Waals surface area (Å²) in [5.74, 6) is -1.40. The van der Waals surface area contributed by atoms with Crippen molar-refractivity contribution < 1.29 is 19.4 Å². The van der Waals surface area contributed by atoms with Crippen LogP contribution in [0.4, 0.5) is 5.13 Å². The van der Waals surface area contributed by atoms with Crippen LogP contribution >= 0.6 is 11.3 Å². The lowest BCUT2D eigenvalue weighted by atomic mass is 9.95. The highest BCUT2D eigenvalue weighted by molar-refractivity contribution is 7.14. The molecule has 1 atom stereocenters. The number of benzene rings is 2. The summed E-state index contributed by atoms with van der Waals surface area (Å²) in [5, 5.41) is 11.8. The van der Waals surface area contributed by atoms with Gasteiger partial charge in [-0.15, -0.1) is 11.3 Å². The fourth-order valence-corrected chi connectivity index (χ4v) is 4.79. The molecule has 7 nitrogen and oxygen atoms in total. The second-order valence-electron chi connectivity index (χ2n) is 8.26. The minimum Gasteiger partial charge on any atom is -0.481 e. The van der Waals surface area contributed by atoms with E-state index in [-0.39, 0.29) is 12.3 Å². The first-order valence-corrected chi connectivity index (χ1v) is 12.5. The van der Waals surface area contributed by atoms with Gasteiger partial charge in [0.15, 0.2) is 5.13 Å². The van der Waals surface area contributed by atoms with Crippen molar-refractivity contribution in [2.24, 2.45) is 5.92 Å². The van der Waals surface area contributed by atoms with Gasteiger partial charge in [0, 0.05) is 35.8 Å². The first-order chi connectivity index (χ1) is 17.5. The molecule has 36 heavy (non-hydrogen) atoms. The summed E-state index contributed by atoms with van der Waals surface area (Å²) in [7, 11) is 1.65. The number of rotatable bonds is 10. The number of carbonyl (C=O) groups excluding carboxylic acids is 1. The maximum Gasteiger partial charge on any atom is 0.304 e. The summed E-state index contributed by atoms with van der Waals surface area (Å²) >= 11 is 1.35. The number of amides is 1. The zero-order valence-electron chi connectivity index (χ0n) is 20.1. The fraction of sp³-hybridized carbons (Fsp3) is 0.214. The van der Waals surface area contributed by atoms with E-state index >= 15 is 0 Å². The van der Waals surface area contributed by atoms with Crippen LogP contribution in [0.1, 0.15) is 18.9 Å². The van der Waals surface area contributed by atoms with Crippen molar-refractivity contribution in [3.05, 3.63) is 83.9 Å². The van der Waals surface area contributed by atoms with E-state index in [9.17, 15) is 14.7 Å². The summed E-state index contributed by atoms with van der Waals surface area (Å²) in [6.45, 7) is 2.47. The summed E-state index contributed by atoms with van der Waals surface area (Å²) < 4.78 is 5.45. The van der Waals surface area contributed by atoms with Crippen LogP contribution in [0.5, 0.6) is 5.88 Å². The van der Waals surface area contributed by atoms with Crippen molar-refractivity contribution >= 4 is 28.3 Å². The van der Waals surface area contributed by atoms with Crippen LogP contribution < -0.4 is 9.64 Å². The predicted molar refractivity (Wildman–Crippen MR) is 141 cm³/mol. The molecule has 0 unspecified atom stereocenters. The van der Waals surface area contributed by atoms with Crippen LogP contribution in [0.3, 0.4) is 0 Å². The third-order valence-electron chi connectivity index (χ3n) is 5.75. The van der Waals surface area contributed by atoms with E-state index in [1.54, 1.807) is 13.2 Å². The monoisotopic (exact) mass is 501 g/mol. The molecule has 8 heteroatoms. The Balaban J connectivity index is 1.58. The molecule has 4 rings (SSSR count). The third-order valence-corrected chi connectivity index (χ3v) is 6.66. The lowest BCUT2D eigenvalue weighted by Gasteiger charge is -2.21. The Kier molecular flexibility index (Phi) is 8.07. The standard InChI is InChI=1S/C28H27N3O4S/c1-3-35-25-14-13-20(17-29-25)22-11-7-8-12-23(22)24-18-36-28(30-24)31(2)27(34)21(16-26(32)33)15-19-9-5-4-6-10-19/h4-14,17-18,21H,3,15-16H2,1-2H3,(H,32,33)/t21-/m1/s1. The Morgan fingerprint density at radius 1 is 1.03 bits per heavy atom. The number of hydrogen-bond donors (Lipinski definition) is 1. The van der Waals surface area contributed by atoms with Gasteiger partial charge in [0.2, 0.25) is 11.8 Å². The van der Waals surface area contributed by atoms with Gasteiger partial charge in [-0.3, -0.25) is 14.5 Å². The van der Waals surface area contributed by atoms with Crippen molar-refractivity contribution in [2.75, 3.05) is 18.6 Å². The van der Waals surface area contributed by atoms with Crippen LogP contribution in [-0.2, 0) is 16.0 Å².